The first kappa shape index (κ1) is 15.6. The van der Waals surface area contributed by atoms with Crippen molar-refractivity contribution in [2.24, 2.45) is 0 Å². The SMILES string of the molecule is CCc1nnc(N2CCN(C(C#N)CC)CC2)nc1CC. The number of rotatable bonds is 5. The van der Waals surface area contributed by atoms with Crippen molar-refractivity contribution < 1.29 is 0 Å². The summed E-state index contributed by atoms with van der Waals surface area (Å²) in [6, 6.07) is 2.40. The molecule has 1 aromatic rings. The zero-order valence-electron chi connectivity index (χ0n) is 13.2. The van der Waals surface area contributed by atoms with E-state index in [9.17, 15) is 0 Å². The maximum absolute atomic E-state index is 9.15. The first-order valence-electron chi connectivity index (χ1n) is 7.84. The highest BCUT2D eigenvalue weighted by Gasteiger charge is 2.24. The molecule has 0 radical (unpaired) electrons. The molecule has 0 spiro atoms. The molecule has 0 N–H and O–H groups in total. The molecule has 1 saturated heterocycles. The zero-order chi connectivity index (χ0) is 15.2. The lowest BCUT2D eigenvalue weighted by Gasteiger charge is -2.36. The van der Waals surface area contributed by atoms with Gasteiger partial charge >= 0.3 is 0 Å². The number of piperazine rings is 1. The van der Waals surface area contributed by atoms with Crippen molar-refractivity contribution in [2.75, 3.05) is 31.1 Å². The molecule has 1 atom stereocenters. The van der Waals surface area contributed by atoms with Crippen molar-refractivity contribution in [1.82, 2.24) is 20.1 Å². The third-order valence-electron chi connectivity index (χ3n) is 4.07. The molecule has 1 aliphatic heterocycles. The first-order valence-corrected chi connectivity index (χ1v) is 7.84. The molecule has 1 fully saturated rings. The molecule has 0 saturated carbocycles. The number of nitrogens with zero attached hydrogens (tertiary/aromatic N) is 6. The fourth-order valence-corrected chi connectivity index (χ4v) is 2.73. The summed E-state index contributed by atoms with van der Waals surface area (Å²) in [4.78, 5) is 9.08. The molecule has 2 heterocycles. The van der Waals surface area contributed by atoms with E-state index in [0.717, 1.165) is 62.8 Å². The van der Waals surface area contributed by atoms with Crippen LogP contribution in [0.1, 0.15) is 38.6 Å². The summed E-state index contributed by atoms with van der Waals surface area (Å²) < 4.78 is 0. The van der Waals surface area contributed by atoms with Crippen molar-refractivity contribution >= 4 is 5.95 Å². The van der Waals surface area contributed by atoms with Crippen LogP contribution in [-0.4, -0.2) is 52.3 Å². The van der Waals surface area contributed by atoms with Gasteiger partial charge in [0.25, 0.3) is 0 Å². The topological polar surface area (TPSA) is 68.9 Å². The van der Waals surface area contributed by atoms with Crippen molar-refractivity contribution in [3.05, 3.63) is 11.4 Å². The molecule has 0 aromatic carbocycles. The Morgan fingerprint density at radius 3 is 2.24 bits per heavy atom. The van der Waals surface area contributed by atoms with Crippen LogP contribution in [-0.2, 0) is 12.8 Å². The lowest BCUT2D eigenvalue weighted by atomic mass is 10.2. The van der Waals surface area contributed by atoms with E-state index >= 15 is 0 Å². The summed E-state index contributed by atoms with van der Waals surface area (Å²) in [5.74, 6) is 0.730. The van der Waals surface area contributed by atoms with Crippen LogP contribution in [0.2, 0.25) is 0 Å². The normalized spacial score (nSPS) is 17.5. The summed E-state index contributed by atoms with van der Waals surface area (Å²) in [7, 11) is 0. The number of nitriles is 1. The van der Waals surface area contributed by atoms with E-state index in [1.165, 1.54) is 0 Å². The van der Waals surface area contributed by atoms with Crippen molar-refractivity contribution in [3.8, 4) is 6.07 Å². The summed E-state index contributed by atoms with van der Waals surface area (Å²) in [6.45, 7) is 9.71. The minimum atomic E-state index is 0.0277. The van der Waals surface area contributed by atoms with E-state index in [4.69, 9.17) is 5.26 Å². The molecule has 114 valence electrons. The van der Waals surface area contributed by atoms with Gasteiger partial charge in [0.1, 0.15) is 0 Å². The number of hydrogen-bond acceptors (Lipinski definition) is 6. The van der Waals surface area contributed by atoms with Crippen LogP contribution in [0.25, 0.3) is 0 Å². The molecule has 0 amide bonds. The van der Waals surface area contributed by atoms with Crippen molar-refractivity contribution in [1.29, 1.82) is 5.26 Å². The number of hydrogen-bond donors (Lipinski definition) is 0. The third kappa shape index (κ3) is 3.48. The Balaban J connectivity index is 2.04. The fraction of sp³-hybridized carbons (Fsp3) is 0.733. The highest BCUT2D eigenvalue weighted by Crippen LogP contribution is 2.15. The van der Waals surface area contributed by atoms with Gasteiger partial charge in [0, 0.05) is 26.2 Å². The number of aryl methyl sites for hydroxylation is 2. The summed E-state index contributed by atoms with van der Waals surface area (Å²) >= 11 is 0. The molecule has 0 bridgehead atoms. The zero-order valence-corrected chi connectivity index (χ0v) is 13.2. The van der Waals surface area contributed by atoms with Crippen LogP contribution < -0.4 is 4.90 Å². The Hall–Kier alpha value is -1.74. The van der Waals surface area contributed by atoms with Crippen LogP contribution in [0, 0.1) is 11.3 Å². The molecular formula is C15H24N6. The predicted molar refractivity (Wildman–Crippen MR) is 82.1 cm³/mol. The average Bonchev–Trinajstić information content (AvgIpc) is 2.56. The van der Waals surface area contributed by atoms with Gasteiger partial charge in [0.2, 0.25) is 5.95 Å². The number of aromatic nitrogens is 3. The molecule has 1 aliphatic rings. The van der Waals surface area contributed by atoms with Crippen molar-refractivity contribution in [3.63, 3.8) is 0 Å². The second kappa shape index (κ2) is 7.32. The van der Waals surface area contributed by atoms with E-state index < -0.39 is 0 Å². The van der Waals surface area contributed by atoms with E-state index in [2.05, 4.69) is 51.8 Å². The van der Waals surface area contributed by atoms with Crippen LogP contribution >= 0.6 is 0 Å². The van der Waals surface area contributed by atoms with E-state index in [1.807, 2.05) is 0 Å². The number of anilines is 1. The van der Waals surface area contributed by atoms with Gasteiger partial charge in [-0.1, -0.05) is 20.8 Å². The molecule has 2 rings (SSSR count). The molecular weight excluding hydrogens is 264 g/mol. The van der Waals surface area contributed by atoms with Gasteiger partial charge < -0.3 is 4.90 Å². The minimum absolute atomic E-state index is 0.0277. The molecule has 21 heavy (non-hydrogen) atoms. The quantitative estimate of drug-likeness (QED) is 0.816. The smallest absolute Gasteiger partial charge is 0.245 e. The minimum Gasteiger partial charge on any atom is -0.337 e. The Bertz CT molecular complexity index is 501. The monoisotopic (exact) mass is 288 g/mol. The van der Waals surface area contributed by atoms with E-state index in [-0.39, 0.29) is 6.04 Å². The lowest BCUT2D eigenvalue weighted by Crippen LogP contribution is -2.50. The van der Waals surface area contributed by atoms with Crippen LogP contribution in [0.15, 0.2) is 0 Å². The molecule has 6 heteroatoms. The van der Waals surface area contributed by atoms with Gasteiger partial charge in [-0.05, 0) is 19.3 Å². The summed E-state index contributed by atoms with van der Waals surface area (Å²) in [6.07, 6.45) is 2.63. The Morgan fingerprint density at radius 1 is 1.05 bits per heavy atom. The van der Waals surface area contributed by atoms with Gasteiger partial charge in [0.05, 0.1) is 23.5 Å². The van der Waals surface area contributed by atoms with E-state index in [0.29, 0.717) is 0 Å². The van der Waals surface area contributed by atoms with Gasteiger partial charge in [0.15, 0.2) is 0 Å². The van der Waals surface area contributed by atoms with Crippen molar-refractivity contribution in [2.45, 2.75) is 46.1 Å². The van der Waals surface area contributed by atoms with Gasteiger partial charge in [-0.25, -0.2) is 4.98 Å². The highest BCUT2D eigenvalue weighted by atomic mass is 15.4. The van der Waals surface area contributed by atoms with Gasteiger partial charge in [-0.2, -0.15) is 10.4 Å². The average molecular weight is 288 g/mol. The standard InChI is InChI=1S/C15H24N6/c1-4-12(11-16)20-7-9-21(10-8-20)15-17-13(5-2)14(6-3)18-19-15/h12H,4-10H2,1-3H3. The molecule has 0 aliphatic carbocycles. The Labute approximate surface area is 126 Å². The van der Waals surface area contributed by atoms with E-state index in [1.54, 1.807) is 0 Å². The molecule has 1 unspecified atom stereocenters. The van der Waals surface area contributed by atoms with Crippen LogP contribution in [0.3, 0.4) is 0 Å². The lowest BCUT2D eigenvalue weighted by molar-refractivity contribution is 0.215. The second-order valence-corrected chi connectivity index (χ2v) is 5.29. The Kier molecular flexibility index (Phi) is 5.45. The molecule has 1 aromatic heterocycles. The molecule has 6 nitrogen and oxygen atoms in total. The summed E-state index contributed by atoms with van der Waals surface area (Å²) in [5.41, 5.74) is 2.05. The fourth-order valence-electron chi connectivity index (χ4n) is 2.73. The van der Waals surface area contributed by atoms with Gasteiger partial charge in [-0.15, -0.1) is 5.10 Å². The largest absolute Gasteiger partial charge is 0.337 e. The Morgan fingerprint density at radius 2 is 1.71 bits per heavy atom. The van der Waals surface area contributed by atoms with Crippen LogP contribution in [0.5, 0.6) is 0 Å². The maximum Gasteiger partial charge on any atom is 0.245 e. The van der Waals surface area contributed by atoms with Crippen LogP contribution in [0.4, 0.5) is 5.95 Å². The van der Waals surface area contributed by atoms with Gasteiger partial charge in [-0.3, -0.25) is 4.90 Å². The first-order chi connectivity index (χ1) is 10.2. The third-order valence-corrected chi connectivity index (χ3v) is 4.07. The summed E-state index contributed by atoms with van der Waals surface area (Å²) in [5, 5.41) is 17.7. The second-order valence-electron chi connectivity index (χ2n) is 5.29. The highest BCUT2D eigenvalue weighted by molar-refractivity contribution is 5.31. The maximum atomic E-state index is 9.15. The predicted octanol–water partition coefficient (Wildman–Crippen LogP) is 1.42.